The zero-order chi connectivity index (χ0) is 16.8. The molecule has 3 N–H and O–H groups in total. The number of aromatic amines is 1. The number of anilines is 1. The van der Waals surface area contributed by atoms with Gasteiger partial charge in [0, 0.05) is 31.0 Å². The zero-order valence-corrected chi connectivity index (χ0v) is 13.3. The number of nitrogens with one attached hydrogen (secondary N) is 3. The van der Waals surface area contributed by atoms with Crippen molar-refractivity contribution in [1.82, 2.24) is 25.5 Å². The molecule has 122 valence electrons. The molecule has 1 amide bonds. The highest BCUT2D eigenvalue weighted by molar-refractivity contribution is 5.93. The van der Waals surface area contributed by atoms with E-state index in [4.69, 9.17) is 0 Å². The Kier molecular flexibility index (Phi) is 4.81. The van der Waals surface area contributed by atoms with Crippen molar-refractivity contribution >= 4 is 11.9 Å². The van der Waals surface area contributed by atoms with E-state index in [2.05, 4.69) is 30.8 Å². The number of benzene rings is 1. The summed E-state index contributed by atoms with van der Waals surface area (Å²) in [4.78, 5) is 20.2. The first-order valence-electron chi connectivity index (χ1n) is 7.64. The van der Waals surface area contributed by atoms with Crippen LogP contribution in [0.25, 0.3) is 11.3 Å². The third-order valence-electron chi connectivity index (χ3n) is 3.43. The van der Waals surface area contributed by atoms with Crippen LogP contribution in [0.2, 0.25) is 0 Å². The summed E-state index contributed by atoms with van der Waals surface area (Å²) in [7, 11) is 0. The standard InChI is InChI=1S/C17H18N6O/c1-12-3-5-13(6-4-12)14-11-15(23-22-14)16(24)18-9-10-21-17-19-7-2-8-20-17/h2-8,11H,9-10H2,1H3,(H,18,24)(H,22,23)(H,19,20,21). The van der Waals surface area contributed by atoms with Gasteiger partial charge >= 0.3 is 0 Å². The Balaban J connectivity index is 1.51. The lowest BCUT2D eigenvalue weighted by Gasteiger charge is -2.05. The molecule has 1 aromatic carbocycles. The normalized spacial score (nSPS) is 10.4. The highest BCUT2D eigenvalue weighted by atomic mass is 16.1. The SMILES string of the molecule is Cc1ccc(-c2cc(C(=O)NCCNc3ncccn3)[nH]n2)cc1. The van der Waals surface area contributed by atoms with Crippen LogP contribution in [0.3, 0.4) is 0 Å². The topological polar surface area (TPSA) is 95.6 Å². The average molecular weight is 322 g/mol. The smallest absolute Gasteiger partial charge is 0.269 e. The second-order valence-corrected chi connectivity index (χ2v) is 5.29. The number of aryl methyl sites for hydroxylation is 1. The molecule has 7 nitrogen and oxygen atoms in total. The minimum atomic E-state index is -0.198. The Labute approximate surface area is 139 Å². The highest BCUT2D eigenvalue weighted by Crippen LogP contribution is 2.18. The van der Waals surface area contributed by atoms with Crippen molar-refractivity contribution in [2.45, 2.75) is 6.92 Å². The maximum atomic E-state index is 12.1. The van der Waals surface area contributed by atoms with Gasteiger partial charge in [-0.1, -0.05) is 29.8 Å². The van der Waals surface area contributed by atoms with E-state index < -0.39 is 0 Å². The molecule has 0 atom stereocenters. The fraction of sp³-hybridized carbons (Fsp3) is 0.176. The van der Waals surface area contributed by atoms with Crippen LogP contribution in [0.1, 0.15) is 16.1 Å². The Morgan fingerprint density at radius 2 is 1.88 bits per heavy atom. The Morgan fingerprint density at radius 1 is 1.12 bits per heavy atom. The average Bonchev–Trinajstić information content (AvgIpc) is 3.10. The molecule has 24 heavy (non-hydrogen) atoms. The van der Waals surface area contributed by atoms with Gasteiger partial charge in [-0.05, 0) is 19.1 Å². The van der Waals surface area contributed by atoms with Crippen LogP contribution in [-0.2, 0) is 0 Å². The van der Waals surface area contributed by atoms with Crippen LogP contribution in [0.5, 0.6) is 0 Å². The molecule has 0 unspecified atom stereocenters. The Hall–Kier alpha value is -3.22. The van der Waals surface area contributed by atoms with Gasteiger partial charge in [-0.15, -0.1) is 0 Å². The third-order valence-corrected chi connectivity index (χ3v) is 3.43. The van der Waals surface area contributed by atoms with Crippen molar-refractivity contribution in [3.63, 3.8) is 0 Å². The fourth-order valence-corrected chi connectivity index (χ4v) is 2.15. The fourth-order valence-electron chi connectivity index (χ4n) is 2.15. The molecule has 0 bridgehead atoms. The van der Waals surface area contributed by atoms with Gasteiger partial charge in [-0.25, -0.2) is 9.97 Å². The number of hydrogen-bond acceptors (Lipinski definition) is 5. The summed E-state index contributed by atoms with van der Waals surface area (Å²) >= 11 is 0. The number of hydrogen-bond donors (Lipinski definition) is 3. The minimum Gasteiger partial charge on any atom is -0.352 e. The first-order chi connectivity index (χ1) is 11.7. The number of carbonyl (C=O) groups excluding carboxylic acids is 1. The van der Waals surface area contributed by atoms with E-state index in [1.807, 2.05) is 31.2 Å². The van der Waals surface area contributed by atoms with Gasteiger partial charge in [0.2, 0.25) is 5.95 Å². The van der Waals surface area contributed by atoms with Crippen LogP contribution < -0.4 is 10.6 Å². The molecule has 2 heterocycles. The van der Waals surface area contributed by atoms with Gasteiger partial charge in [0.05, 0.1) is 5.69 Å². The number of nitrogens with zero attached hydrogens (tertiary/aromatic N) is 3. The first-order valence-corrected chi connectivity index (χ1v) is 7.64. The predicted molar refractivity (Wildman–Crippen MR) is 91.6 cm³/mol. The van der Waals surface area contributed by atoms with Crippen LogP contribution in [0, 0.1) is 6.92 Å². The predicted octanol–water partition coefficient (Wildman–Crippen LogP) is 2.02. The minimum absolute atomic E-state index is 0.198. The van der Waals surface area contributed by atoms with Crippen molar-refractivity contribution in [2.75, 3.05) is 18.4 Å². The summed E-state index contributed by atoms with van der Waals surface area (Å²) in [6.45, 7) is 3.02. The molecule has 7 heteroatoms. The molecule has 0 radical (unpaired) electrons. The van der Waals surface area contributed by atoms with E-state index >= 15 is 0 Å². The van der Waals surface area contributed by atoms with Crippen molar-refractivity contribution in [3.05, 3.63) is 60.0 Å². The van der Waals surface area contributed by atoms with Gasteiger partial charge in [0.1, 0.15) is 5.69 Å². The maximum Gasteiger partial charge on any atom is 0.269 e. The number of H-pyrrole nitrogens is 1. The van der Waals surface area contributed by atoms with Crippen LogP contribution in [0.4, 0.5) is 5.95 Å². The van der Waals surface area contributed by atoms with E-state index in [-0.39, 0.29) is 5.91 Å². The lowest BCUT2D eigenvalue weighted by Crippen LogP contribution is -2.29. The number of carbonyl (C=O) groups is 1. The summed E-state index contributed by atoms with van der Waals surface area (Å²) in [6.07, 6.45) is 3.32. The molecule has 0 aliphatic heterocycles. The lowest BCUT2D eigenvalue weighted by atomic mass is 10.1. The first kappa shape index (κ1) is 15.7. The third kappa shape index (κ3) is 3.95. The van der Waals surface area contributed by atoms with Gasteiger partial charge < -0.3 is 10.6 Å². The molecular weight excluding hydrogens is 304 g/mol. The second kappa shape index (κ2) is 7.36. The van der Waals surface area contributed by atoms with Crippen LogP contribution in [-0.4, -0.2) is 39.2 Å². The molecule has 0 spiro atoms. The van der Waals surface area contributed by atoms with Crippen LogP contribution in [0.15, 0.2) is 48.8 Å². The van der Waals surface area contributed by atoms with E-state index in [1.54, 1.807) is 24.5 Å². The van der Waals surface area contributed by atoms with E-state index in [9.17, 15) is 4.79 Å². The maximum absolute atomic E-state index is 12.1. The van der Waals surface area contributed by atoms with E-state index in [0.29, 0.717) is 24.7 Å². The van der Waals surface area contributed by atoms with Crippen molar-refractivity contribution in [3.8, 4) is 11.3 Å². The summed E-state index contributed by atoms with van der Waals surface area (Å²) in [5.41, 5.74) is 3.33. The van der Waals surface area contributed by atoms with Gasteiger partial charge in [-0.3, -0.25) is 9.89 Å². The molecule has 0 aliphatic carbocycles. The Bertz CT molecular complexity index is 797. The van der Waals surface area contributed by atoms with E-state index in [1.165, 1.54) is 5.56 Å². The number of rotatable bonds is 6. The van der Waals surface area contributed by atoms with E-state index in [0.717, 1.165) is 11.3 Å². The summed E-state index contributed by atoms with van der Waals surface area (Å²) in [5, 5.41) is 12.8. The Morgan fingerprint density at radius 3 is 2.62 bits per heavy atom. The largest absolute Gasteiger partial charge is 0.352 e. The molecule has 0 fully saturated rings. The van der Waals surface area contributed by atoms with Gasteiger partial charge in [0.25, 0.3) is 5.91 Å². The molecular formula is C17H18N6O. The molecule has 0 saturated carbocycles. The number of amides is 1. The van der Waals surface area contributed by atoms with Gasteiger partial charge in [-0.2, -0.15) is 5.10 Å². The van der Waals surface area contributed by atoms with Crippen molar-refractivity contribution < 1.29 is 4.79 Å². The molecule has 0 aliphatic rings. The monoisotopic (exact) mass is 322 g/mol. The second-order valence-electron chi connectivity index (χ2n) is 5.29. The lowest BCUT2D eigenvalue weighted by molar-refractivity contribution is 0.0950. The molecule has 2 aromatic heterocycles. The zero-order valence-electron chi connectivity index (χ0n) is 13.3. The van der Waals surface area contributed by atoms with Gasteiger partial charge in [0.15, 0.2) is 0 Å². The molecule has 3 rings (SSSR count). The van der Waals surface area contributed by atoms with Crippen molar-refractivity contribution in [2.24, 2.45) is 0 Å². The molecule has 3 aromatic rings. The van der Waals surface area contributed by atoms with Crippen LogP contribution >= 0.6 is 0 Å². The summed E-state index contributed by atoms with van der Waals surface area (Å²) < 4.78 is 0. The summed E-state index contributed by atoms with van der Waals surface area (Å²) in [5.74, 6) is 0.339. The molecule has 0 saturated heterocycles. The highest BCUT2D eigenvalue weighted by Gasteiger charge is 2.10. The number of aromatic nitrogens is 4. The summed E-state index contributed by atoms with van der Waals surface area (Å²) in [6, 6.07) is 11.5. The quantitative estimate of drug-likeness (QED) is 0.603. The van der Waals surface area contributed by atoms with Crippen molar-refractivity contribution in [1.29, 1.82) is 0 Å².